The van der Waals surface area contributed by atoms with E-state index < -0.39 is 21.7 Å². The van der Waals surface area contributed by atoms with E-state index in [1.807, 2.05) is 42.5 Å². The number of H-pyrrole nitrogens is 1. The van der Waals surface area contributed by atoms with Crippen LogP contribution >= 0.6 is 0 Å². The molecule has 0 fully saturated rings. The molecule has 0 aliphatic heterocycles. The Morgan fingerprint density at radius 1 is 0.821 bits per heavy atom. The van der Waals surface area contributed by atoms with Crippen molar-refractivity contribution in [3.05, 3.63) is 114 Å². The minimum absolute atomic E-state index is 0.0957. The highest BCUT2D eigenvalue weighted by Crippen LogP contribution is 2.35. The molecule has 0 bridgehead atoms. The van der Waals surface area contributed by atoms with E-state index in [1.165, 1.54) is 18.2 Å². The van der Waals surface area contributed by atoms with E-state index in [1.54, 1.807) is 36.4 Å². The first-order valence-electron chi connectivity index (χ1n) is 12.4. The predicted octanol–water partition coefficient (Wildman–Crippen LogP) is 7.32. The van der Waals surface area contributed by atoms with Crippen molar-refractivity contribution in [3.63, 3.8) is 0 Å². The number of carbonyl (C=O) groups excluding carboxylic acids is 1. The molecule has 0 saturated carbocycles. The van der Waals surface area contributed by atoms with Gasteiger partial charge in [-0.1, -0.05) is 69.3 Å². The lowest BCUT2D eigenvalue weighted by Gasteiger charge is -2.19. The number of anilines is 2. The Bertz CT molecular complexity index is 1770. The predicted molar refractivity (Wildman–Crippen MR) is 154 cm³/mol. The van der Waals surface area contributed by atoms with Crippen molar-refractivity contribution in [1.82, 2.24) is 4.98 Å². The molecule has 3 N–H and O–H groups in total. The third-order valence-corrected chi connectivity index (χ3v) is 7.85. The first-order chi connectivity index (χ1) is 18.5. The standard InChI is InChI=1S/C31H28FN3O3S/c1-31(2,3)21-12-15-25(16-13-21)39(37,38)35-24-14-17-27-26(19-24)28(20-8-5-4-6-9-20)29(34-27)30(36)33-23-11-7-10-22(32)18-23/h4-19,34-35H,1-3H3,(H,33,36). The van der Waals surface area contributed by atoms with Gasteiger partial charge in [0.05, 0.1) is 4.90 Å². The average Bonchev–Trinajstić information content (AvgIpc) is 3.27. The molecule has 198 valence electrons. The maximum atomic E-state index is 13.7. The van der Waals surface area contributed by atoms with Crippen molar-refractivity contribution in [2.75, 3.05) is 10.0 Å². The van der Waals surface area contributed by atoms with Crippen molar-refractivity contribution in [3.8, 4) is 11.1 Å². The molecule has 5 rings (SSSR count). The van der Waals surface area contributed by atoms with Gasteiger partial charge in [-0.05, 0) is 65.1 Å². The average molecular weight is 542 g/mol. The molecule has 1 aromatic heterocycles. The van der Waals surface area contributed by atoms with E-state index >= 15 is 0 Å². The van der Waals surface area contributed by atoms with Crippen molar-refractivity contribution in [2.24, 2.45) is 0 Å². The summed E-state index contributed by atoms with van der Waals surface area (Å²) in [6, 6.07) is 26.9. The zero-order valence-electron chi connectivity index (χ0n) is 21.7. The number of hydrogen-bond donors (Lipinski definition) is 3. The molecule has 0 radical (unpaired) electrons. The molecule has 0 unspecified atom stereocenters. The first kappa shape index (κ1) is 26.2. The second-order valence-corrected chi connectivity index (χ2v) is 12.0. The number of carbonyl (C=O) groups is 1. The maximum absolute atomic E-state index is 13.7. The van der Waals surface area contributed by atoms with Crippen LogP contribution in [0.5, 0.6) is 0 Å². The number of amides is 1. The quantitative estimate of drug-likeness (QED) is 0.210. The molecule has 1 heterocycles. The van der Waals surface area contributed by atoms with Crippen LogP contribution in [0.4, 0.5) is 15.8 Å². The van der Waals surface area contributed by atoms with Crippen molar-refractivity contribution in [2.45, 2.75) is 31.1 Å². The second-order valence-electron chi connectivity index (χ2n) is 10.3. The Morgan fingerprint density at radius 2 is 1.54 bits per heavy atom. The lowest BCUT2D eigenvalue weighted by Crippen LogP contribution is -2.14. The van der Waals surface area contributed by atoms with Gasteiger partial charge in [-0.3, -0.25) is 9.52 Å². The number of hydrogen-bond acceptors (Lipinski definition) is 3. The summed E-state index contributed by atoms with van der Waals surface area (Å²) < 4.78 is 42.7. The van der Waals surface area contributed by atoms with Crippen LogP contribution in [0.1, 0.15) is 36.8 Å². The number of sulfonamides is 1. The van der Waals surface area contributed by atoms with Gasteiger partial charge in [-0.15, -0.1) is 0 Å². The van der Waals surface area contributed by atoms with Gasteiger partial charge >= 0.3 is 0 Å². The normalized spacial score (nSPS) is 11.9. The number of aromatic amines is 1. The lowest BCUT2D eigenvalue weighted by atomic mass is 9.87. The van der Waals surface area contributed by atoms with Crippen molar-refractivity contribution in [1.29, 1.82) is 0 Å². The van der Waals surface area contributed by atoms with Crippen molar-refractivity contribution >= 4 is 38.2 Å². The van der Waals surface area contributed by atoms with Crippen LogP contribution in [0.15, 0.2) is 102 Å². The molecule has 0 aliphatic carbocycles. The largest absolute Gasteiger partial charge is 0.350 e. The summed E-state index contributed by atoms with van der Waals surface area (Å²) in [7, 11) is -3.85. The van der Waals surface area contributed by atoms with E-state index in [-0.39, 0.29) is 16.0 Å². The van der Waals surface area contributed by atoms with Gasteiger partial charge in [0.25, 0.3) is 15.9 Å². The topological polar surface area (TPSA) is 91.1 Å². The number of rotatable bonds is 6. The highest BCUT2D eigenvalue weighted by Gasteiger charge is 2.22. The van der Waals surface area contributed by atoms with E-state index in [0.717, 1.165) is 11.1 Å². The van der Waals surface area contributed by atoms with Crippen LogP contribution in [0.25, 0.3) is 22.0 Å². The molecule has 0 saturated heterocycles. The van der Waals surface area contributed by atoms with Crippen LogP contribution in [0.2, 0.25) is 0 Å². The number of fused-ring (bicyclic) bond motifs is 1. The van der Waals surface area contributed by atoms with Crippen LogP contribution in [-0.2, 0) is 15.4 Å². The van der Waals surface area contributed by atoms with Crippen LogP contribution in [-0.4, -0.2) is 19.3 Å². The Hall–Kier alpha value is -4.43. The van der Waals surface area contributed by atoms with E-state index in [4.69, 9.17) is 0 Å². The molecule has 39 heavy (non-hydrogen) atoms. The maximum Gasteiger partial charge on any atom is 0.272 e. The Kier molecular flexibility index (Phi) is 6.74. The molecular weight excluding hydrogens is 513 g/mol. The third-order valence-electron chi connectivity index (χ3n) is 6.45. The summed E-state index contributed by atoms with van der Waals surface area (Å²) in [5, 5.41) is 3.40. The highest BCUT2D eigenvalue weighted by molar-refractivity contribution is 7.92. The smallest absolute Gasteiger partial charge is 0.272 e. The SMILES string of the molecule is CC(C)(C)c1ccc(S(=O)(=O)Nc2ccc3[nH]c(C(=O)Nc4cccc(F)c4)c(-c4ccccc4)c3c2)cc1. The van der Waals surface area contributed by atoms with E-state index in [2.05, 4.69) is 35.8 Å². The molecule has 4 aromatic carbocycles. The van der Waals surface area contributed by atoms with E-state index in [9.17, 15) is 17.6 Å². The van der Waals surface area contributed by atoms with Crippen LogP contribution in [0.3, 0.4) is 0 Å². The summed E-state index contributed by atoms with van der Waals surface area (Å²) in [6.07, 6.45) is 0. The fourth-order valence-electron chi connectivity index (χ4n) is 4.44. The zero-order valence-corrected chi connectivity index (χ0v) is 22.6. The first-order valence-corrected chi connectivity index (χ1v) is 13.9. The zero-order chi connectivity index (χ0) is 27.8. The minimum Gasteiger partial charge on any atom is -0.350 e. The molecule has 6 nitrogen and oxygen atoms in total. The van der Waals surface area contributed by atoms with Crippen LogP contribution < -0.4 is 10.0 Å². The van der Waals surface area contributed by atoms with Gasteiger partial charge in [-0.2, -0.15) is 0 Å². The molecule has 0 aliphatic rings. The summed E-state index contributed by atoms with van der Waals surface area (Å²) in [6.45, 7) is 6.20. The Morgan fingerprint density at radius 3 is 2.21 bits per heavy atom. The molecule has 8 heteroatoms. The summed E-state index contributed by atoms with van der Waals surface area (Å²) >= 11 is 0. The number of nitrogens with one attached hydrogen (secondary N) is 3. The monoisotopic (exact) mass is 541 g/mol. The van der Waals surface area contributed by atoms with Gasteiger partial charge in [0.15, 0.2) is 0 Å². The minimum atomic E-state index is -3.85. The van der Waals surface area contributed by atoms with Gasteiger partial charge in [-0.25, -0.2) is 12.8 Å². The summed E-state index contributed by atoms with van der Waals surface area (Å²) in [5.74, 6) is -0.908. The Balaban J connectivity index is 1.53. The van der Waals surface area contributed by atoms with Crippen LogP contribution in [0, 0.1) is 5.82 Å². The summed E-state index contributed by atoms with van der Waals surface area (Å²) in [5.41, 5.74) is 3.92. The number of benzene rings is 4. The molecule has 5 aromatic rings. The fourth-order valence-corrected chi connectivity index (χ4v) is 5.49. The van der Waals surface area contributed by atoms with Gasteiger partial charge in [0, 0.05) is 27.8 Å². The van der Waals surface area contributed by atoms with Gasteiger partial charge in [0.1, 0.15) is 11.5 Å². The van der Waals surface area contributed by atoms with Gasteiger partial charge < -0.3 is 10.3 Å². The highest BCUT2D eigenvalue weighted by atomic mass is 32.2. The molecule has 1 amide bonds. The number of aromatic nitrogens is 1. The molecular formula is C31H28FN3O3S. The molecule has 0 atom stereocenters. The van der Waals surface area contributed by atoms with E-state index in [0.29, 0.717) is 27.8 Å². The second kappa shape index (κ2) is 10.0. The fraction of sp³-hybridized carbons (Fsp3) is 0.129. The van der Waals surface area contributed by atoms with Crippen molar-refractivity contribution < 1.29 is 17.6 Å². The van der Waals surface area contributed by atoms with Gasteiger partial charge in [0.2, 0.25) is 0 Å². The number of halogens is 1. The lowest BCUT2D eigenvalue weighted by molar-refractivity contribution is 0.102. The third kappa shape index (κ3) is 5.56. The Labute approximate surface area is 227 Å². The summed E-state index contributed by atoms with van der Waals surface area (Å²) in [4.78, 5) is 16.6. The molecule has 0 spiro atoms.